The molecule has 2 aliphatic rings. The minimum Gasteiger partial charge on any atom is -0.352 e. The van der Waals surface area contributed by atoms with Crippen molar-refractivity contribution < 1.29 is 4.79 Å². The third kappa shape index (κ3) is 5.33. The second-order valence-electron chi connectivity index (χ2n) is 6.97. The molecule has 126 valence electrons. The number of hydrogen-bond acceptors (Lipinski definition) is 3. The molecule has 2 saturated heterocycles. The zero-order valence-corrected chi connectivity index (χ0v) is 14.0. The van der Waals surface area contributed by atoms with Crippen LogP contribution >= 0.6 is 0 Å². The quantitative estimate of drug-likeness (QED) is 0.811. The Morgan fingerprint density at radius 3 is 2.61 bits per heavy atom. The third-order valence-electron chi connectivity index (χ3n) is 5.06. The number of rotatable bonds is 7. The van der Waals surface area contributed by atoms with Crippen molar-refractivity contribution in [3.05, 3.63) is 35.4 Å². The Bertz CT molecular complexity index is 488. The number of benzene rings is 1. The molecule has 4 heteroatoms. The molecule has 0 spiro atoms. The van der Waals surface area contributed by atoms with Gasteiger partial charge in [-0.25, -0.2) is 0 Å². The number of nitrogens with zero attached hydrogens (tertiary/aromatic N) is 1. The molecule has 3 rings (SSSR count). The van der Waals surface area contributed by atoms with Crippen molar-refractivity contribution in [2.24, 2.45) is 5.92 Å². The SMILES string of the molecule is O=C(CCC1CCNC1)NCc1ccc(CN2CCCC2)cc1. The largest absolute Gasteiger partial charge is 0.352 e. The maximum absolute atomic E-state index is 11.9. The van der Waals surface area contributed by atoms with E-state index in [1.54, 1.807) is 0 Å². The van der Waals surface area contributed by atoms with Gasteiger partial charge in [-0.15, -0.1) is 0 Å². The summed E-state index contributed by atoms with van der Waals surface area (Å²) in [5, 5.41) is 6.40. The summed E-state index contributed by atoms with van der Waals surface area (Å²) >= 11 is 0. The first-order chi connectivity index (χ1) is 11.3. The van der Waals surface area contributed by atoms with Crippen LogP contribution in [0.3, 0.4) is 0 Å². The Balaban J connectivity index is 1.36. The smallest absolute Gasteiger partial charge is 0.220 e. The maximum Gasteiger partial charge on any atom is 0.220 e. The first kappa shape index (κ1) is 16.5. The molecule has 1 aromatic carbocycles. The van der Waals surface area contributed by atoms with Crippen molar-refractivity contribution in [2.75, 3.05) is 26.2 Å². The molecular formula is C19H29N3O. The van der Waals surface area contributed by atoms with Crippen LogP contribution in [-0.2, 0) is 17.9 Å². The normalized spacial score (nSPS) is 21.7. The predicted octanol–water partition coefficient (Wildman–Crippen LogP) is 2.29. The zero-order valence-electron chi connectivity index (χ0n) is 14.0. The Kier molecular flexibility index (Phi) is 6.06. The monoisotopic (exact) mass is 315 g/mol. The van der Waals surface area contributed by atoms with Gasteiger partial charge in [-0.1, -0.05) is 24.3 Å². The fraction of sp³-hybridized carbons (Fsp3) is 0.632. The number of carbonyl (C=O) groups excluding carboxylic acids is 1. The Morgan fingerprint density at radius 2 is 1.91 bits per heavy atom. The van der Waals surface area contributed by atoms with E-state index in [0.717, 1.165) is 26.1 Å². The second kappa shape index (κ2) is 8.46. The highest BCUT2D eigenvalue weighted by Gasteiger charge is 2.15. The molecular weight excluding hydrogens is 286 g/mol. The van der Waals surface area contributed by atoms with Gasteiger partial charge in [-0.3, -0.25) is 9.69 Å². The lowest BCUT2D eigenvalue weighted by molar-refractivity contribution is -0.121. The van der Waals surface area contributed by atoms with Gasteiger partial charge in [0.2, 0.25) is 5.91 Å². The van der Waals surface area contributed by atoms with E-state index in [0.29, 0.717) is 18.9 Å². The summed E-state index contributed by atoms with van der Waals surface area (Å²) in [6.45, 7) is 6.35. The lowest BCUT2D eigenvalue weighted by Gasteiger charge is -2.14. The standard InChI is InChI=1S/C19H29N3O/c23-19(8-7-17-9-10-20-13-17)21-14-16-3-5-18(6-4-16)15-22-11-1-2-12-22/h3-6,17,20H,1-2,7-15H2,(H,21,23). The van der Waals surface area contributed by atoms with Gasteiger partial charge in [0.15, 0.2) is 0 Å². The molecule has 23 heavy (non-hydrogen) atoms. The van der Waals surface area contributed by atoms with Crippen LogP contribution in [0.1, 0.15) is 43.2 Å². The van der Waals surface area contributed by atoms with E-state index in [4.69, 9.17) is 0 Å². The van der Waals surface area contributed by atoms with Gasteiger partial charge in [-0.05, 0) is 68.9 Å². The number of nitrogens with one attached hydrogen (secondary N) is 2. The van der Waals surface area contributed by atoms with Crippen LogP contribution in [0, 0.1) is 5.92 Å². The first-order valence-electron chi connectivity index (χ1n) is 9.07. The molecule has 0 bridgehead atoms. The van der Waals surface area contributed by atoms with E-state index >= 15 is 0 Å². The number of amides is 1. The Morgan fingerprint density at radius 1 is 1.17 bits per heavy atom. The summed E-state index contributed by atoms with van der Waals surface area (Å²) in [5.41, 5.74) is 2.56. The average Bonchev–Trinajstić information content (AvgIpc) is 3.26. The second-order valence-corrected chi connectivity index (χ2v) is 6.97. The van der Waals surface area contributed by atoms with Crippen molar-refractivity contribution in [2.45, 2.75) is 45.2 Å². The van der Waals surface area contributed by atoms with Gasteiger partial charge < -0.3 is 10.6 Å². The molecule has 2 heterocycles. The number of carbonyl (C=O) groups is 1. The van der Waals surface area contributed by atoms with Crippen molar-refractivity contribution in [3.8, 4) is 0 Å². The van der Waals surface area contributed by atoms with Crippen LogP contribution in [0.15, 0.2) is 24.3 Å². The van der Waals surface area contributed by atoms with Gasteiger partial charge in [0.1, 0.15) is 0 Å². The summed E-state index contributed by atoms with van der Waals surface area (Å²) in [6, 6.07) is 8.69. The van der Waals surface area contributed by atoms with Crippen LogP contribution < -0.4 is 10.6 Å². The van der Waals surface area contributed by atoms with Crippen molar-refractivity contribution in [3.63, 3.8) is 0 Å². The fourth-order valence-electron chi connectivity index (χ4n) is 3.55. The lowest BCUT2D eigenvalue weighted by atomic mass is 10.0. The van der Waals surface area contributed by atoms with Crippen LogP contribution in [-0.4, -0.2) is 37.0 Å². The Labute approximate surface area is 139 Å². The molecule has 2 aliphatic heterocycles. The van der Waals surface area contributed by atoms with Crippen LogP contribution in [0.5, 0.6) is 0 Å². The van der Waals surface area contributed by atoms with Gasteiger partial charge in [0.05, 0.1) is 0 Å². The minimum atomic E-state index is 0.179. The van der Waals surface area contributed by atoms with E-state index in [1.165, 1.54) is 43.5 Å². The first-order valence-corrected chi connectivity index (χ1v) is 9.07. The maximum atomic E-state index is 11.9. The molecule has 0 saturated carbocycles. The summed E-state index contributed by atoms with van der Waals surface area (Å²) in [4.78, 5) is 14.4. The summed E-state index contributed by atoms with van der Waals surface area (Å²) < 4.78 is 0. The summed E-state index contributed by atoms with van der Waals surface area (Å²) in [7, 11) is 0. The van der Waals surface area contributed by atoms with E-state index < -0.39 is 0 Å². The van der Waals surface area contributed by atoms with Gasteiger partial charge >= 0.3 is 0 Å². The molecule has 1 unspecified atom stereocenters. The topological polar surface area (TPSA) is 44.4 Å². The number of hydrogen-bond donors (Lipinski definition) is 2. The van der Waals surface area contributed by atoms with Crippen molar-refractivity contribution in [1.29, 1.82) is 0 Å². The highest BCUT2D eigenvalue weighted by molar-refractivity contribution is 5.75. The molecule has 0 radical (unpaired) electrons. The van der Waals surface area contributed by atoms with E-state index in [9.17, 15) is 4.79 Å². The van der Waals surface area contributed by atoms with Crippen LogP contribution in [0.25, 0.3) is 0 Å². The molecule has 0 aliphatic carbocycles. The van der Waals surface area contributed by atoms with E-state index in [2.05, 4.69) is 39.8 Å². The Hall–Kier alpha value is -1.39. The summed E-state index contributed by atoms with van der Waals surface area (Å²) in [5.74, 6) is 0.865. The van der Waals surface area contributed by atoms with Gasteiger partial charge in [0.25, 0.3) is 0 Å². The van der Waals surface area contributed by atoms with Crippen LogP contribution in [0.2, 0.25) is 0 Å². The molecule has 2 fully saturated rings. The van der Waals surface area contributed by atoms with Crippen molar-refractivity contribution in [1.82, 2.24) is 15.5 Å². The number of likely N-dealkylation sites (tertiary alicyclic amines) is 1. The zero-order chi connectivity index (χ0) is 15.9. The molecule has 0 aromatic heterocycles. The highest BCUT2D eigenvalue weighted by Crippen LogP contribution is 2.15. The average molecular weight is 315 g/mol. The fourth-order valence-corrected chi connectivity index (χ4v) is 3.55. The summed E-state index contributed by atoms with van der Waals surface area (Å²) in [6.07, 6.45) is 5.54. The van der Waals surface area contributed by atoms with Gasteiger partial charge in [0, 0.05) is 19.5 Å². The lowest BCUT2D eigenvalue weighted by Crippen LogP contribution is -2.23. The molecule has 1 amide bonds. The van der Waals surface area contributed by atoms with Crippen molar-refractivity contribution >= 4 is 5.91 Å². The van der Waals surface area contributed by atoms with Gasteiger partial charge in [-0.2, -0.15) is 0 Å². The van der Waals surface area contributed by atoms with E-state index in [-0.39, 0.29) is 5.91 Å². The minimum absolute atomic E-state index is 0.179. The van der Waals surface area contributed by atoms with E-state index in [1.807, 2.05) is 0 Å². The molecule has 2 N–H and O–H groups in total. The molecule has 1 atom stereocenters. The third-order valence-corrected chi connectivity index (χ3v) is 5.06. The highest BCUT2D eigenvalue weighted by atomic mass is 16.1. The molecule has 4 nitrogen and oxygen atoms in total. The van der Waals surface area contributed by atoms with Crippen LogP contribution in [0.4, 0.5) is 0 Å². The predicted molar refractivity (Wildman–Crippen MR) is 93.0 cm³/mol. The molecule has 1 aromatic rings.